The van der Waals surface area contributed by atoms with E-state index in [1.165, 1.54) is 11.3 Å². The highest BCUT2D eigenvalue weighted by atomic mass is 32.1. The Morgan fingerprint density at radius 1 is 1.25 bits per heavy atom. The number of aryl methyl sites for hydroxylation is 2. The predicted molar refractivity (Wildman–Crippen MR) is 147 cm³/mol. The van der Waals surface area contributed by atoms with Gasteiger partial charge in [0, 0.05) is 54.6 Å². The summed E-state index contributed by atoms with van der Waals surface area (Å²) in [6.45, 7) is 5.54. The molecular formula is C29H29F2N5O3S. The second kappa shape index (κ2) is 10.4. The molecule has 1 aliphatic heterocycles. The summed E-state index contributed by atoms with van der Waals surface area (Å²) < 4.78 is 35.9. The van der Waals surface area contributed by atoms with E-state index in [1.54, 1.807) is 11.8 Å². The summed E-state index contributed by atoms with van der Waals surface area (Å²) >= 11 is 1.44. The number of amides is 1. The highest BCUT2D eigenvalue weighted by Crippen LogP contribution is 2.44. The molecule has 1 amide bonds. The van der Waals surface area contributed by atoms with Crippen LogP contribution in [0.15, 0.2) is 51.7 Å². The van der Waals surface area contributed by atoms with E-state index in [2.05, 4.69) is 5.16 Å². The zero-order chi connectivity index (χ0) is 28.1. The lowest BCUT2D eigenvalue weighted by molar-refractivity contribution is -0.134. The first-order valence-corrected chi connectivity index (χ1v) is 14.2. The first-order valence-electron chi connectivity index (χ1n) is 13.4. The van der Waals surface area contributed by atoms with Crippen LogP contribution >= 0.6 is 11.3 Å². The van der Waals surface area contributed by atoms with E-state index in [4.69, 9.17) is 14.5 Å². The van der Waals surface area contributed by atoms with E-state index in [0.29, 0.717) is 53.5 Å². The van der Waals surface area contributed by atoms with Crippen molar-refractivity contribution < 1.29 is 23.2 Å². The van der Waals surface area contributed by atoms with Gasteiger partial charge in [-0.05, 0) is 50.5 Å². The fourth-order valence-corrected chi connectivity index (χ4v) is 6.69. The maximum Gasteiger partial charge on any atom is 0.227 e. The van der Waals surface area contributed by atoms with Crippen LogP contribution in [0.4, 0.5) is 8.78 Å². The fourth-order valence-electron chi connectivity index (χ4n) is 5.78. The Hall–Kier alpha value is -3.70. The number of aliphatic hydroxyl groups excluding tert-OH is 1. The van der Waals surface area contributed by atoms with Crippen LogP contribution in [0.5, 0.6) is 0 Å². The molecule has 0 bridgehead atoms. The third kappa shape index (κ3) is 4.46. The molecule has 0 aromatic carbocycles. The van der Waals surface area contributed by atoms with Crippen molar-refractivity contribution in [2.24, 2.45) is 5.92 Å². The summed E-state index contributed by atoms with van der Waals surface area (Å²) in [4.78, 5) is 24.9. The molecule has 1 aliphatic carbocycles. The number of halogens is 2. The lowest BCUT2D eigenvalue weighted by Gasteiger charge is -2.39. The maximum absolute atomic E-state index is 14.5. The van der Waals surface area contributed by atoms with Crippen LogP contribution in [-0.2, 0) is 11.2 Å². The molecule has 6 rings (SSSR count). The van der Waals surface area contributed by atoms with Gasteiger partial charge in [-0.1, -0.05) is 12.1 Å². The number of hydrogen-bond acceptors (Lipinski definition) is 7. The standard InChI is InChI=1S/C29H29F2N5O3S/c1-15-11-20(30)21(31)13-23(15)36-22(5-4-6-25(36)38)27-28(29-32-19(8-10-37)14-40-29)35-9-7-18(12-24(35)33-27)26-16(2)34-39-17(26)3/h7,9,12-15,22,37H,4-6,8,10-11H2,1-3H3/t15?,22-/m0/s1. The van der Waals surface area contributed by atoms with Gasteiger partial charge in [0.25, 0.3) is 0 Å². The highest BCUT2D eigenvalue weighted by molar-refractivity contribution is 7.13. The number of allylic oxidation sites excluding steroid dienone is 4. The number of hydrogen-bond donors (Lipinski definition) is 1. The quantitative estimate of drug-likeness (QED) is 0.291. The molecule has 1 unspecified atom stereocenters. The lowest BCUT2D eigenvalue weighted by Crippen LogP contribution is -2.40. The molecule has 4 aromatic heterocycles. The number of aliphatic hydroxyl groups is 1. The SMILES string of the molecule is Cc1noc(C)c1-c1ccn2c(-c3nc(CCO)cs3)c([C@@H]3CCCC(=O)N3C3=CC(F)=C(F)CC3C)nc2c1. The van der Waals surface area contributed by atoms with Crippen molar-refractivity contribution in [1.29, 1.82) is 0 Å². The molecule has 0 spiro atoms. The molecule has 1 fully saturated rings. The Bertz CT molecular complexity index is 1660. The third-order valence-corrected chi connectivity index (χ3v) is 8.56. The summed E-state index contributed by atoms with van der Waals surface area (Å²) in [5, 5.41) is 16.1. The Balaban J connectivity index is 1.55. The molecule has 0 radical (unpaired) electrons. The van der Waals surface area contributed by atoms with Gasteiger partial charge in [-0.3, -0.25) is 9.20 Å². The van der Waals surface area contributed by atoms with Gasteiger partial charge >= 0.3 is 0 Å². The van der Waals surface area contributed by atoms with Crippen LogP contribution in [0.3, 0.4) is 0 Å². The Morgan fingerprint density at radius 3 is 2.83 bits per heavy atom. The number of carbonyl (C=O) groups excluding carboxylic acids is 1. The lowest BCUT2D eigenvalue weighted by atomic mass is 9.90. The second-order valence-corrected chi connectivity index (χ2v) is 11.3. The molecule has 11 heteroatoms. The molecule has 0 saturated carbocycles. The molecule has 8 nitrogen and oxygen atoms in total. The van der Waals surface area contributed by atoms with Gasteiger partial charge in [0.15, 0.2) is 5.83 Å². The molecule has 4 aromatic rings. The van der Waals surface area contributed by atoms with E-state index in [9.17, 15) is 18.7 Å². The van der Waals surface area contributed by atoms with Crippen molar-refractivity contribution >= 4 is 22.9 Å². The molecule has 208 valence electrons. The van der Waals surface area contributed by atoms with Crippen molar-refractivity contribution in [2.45, 2.75) is 58.9 Å². The van der Waals surface area contributed by atoms with E-state index in [-0.39, 0.29) is 24.9 Å². The molecule has 2 atom stereocenters. The number of rotatable bonds is 6. The predicted octanol–water partition coefficient (Wildman–Crippen LogP) is 6.39. The van der Waals surface area contributed by atoms with Crippen molar-refractivity contribution in [3.8, 4) is 21.8 Å². The van der Waals surface area contributed by atoms with E-state index < -0.39 is 17.7 Å². The minimum Gasteiger partial charge on any atom is -0.396 e. The largest absolute Gasteiger partial charge is 0.396 e. The van der Waals surface area contributed by atoms with E-state index >= 15 is 0 Å². The molecule has 5 heterocycles. The van der Waals surface area contributed by atoms with E-state index in [1.807, 2.05) is 42.0 Å². The third-order valence-electron chi connectivity index (χ3n) is 7.66. The molecule has 1 saturated heterocycles. The minimum atomic E-state index is -0.932. The average molecular weight is 566 g/mol. The average Bonchev–Trinajstić information content (AvgIpc) is 3.62. The second-order valence-electron chi connectivity index (χ2n) is 10.4. The first-order chi connectivity index (χ1) is 19.3. The summed E-state index contributed by atoms with van der Waals surface area (Å²) in [5.41, 5.74) is 5.84. The van der Waals surface area contributed by atoms with Crippen LogP contribution in [0.2, 0.25) is 0 Å². The molecular weight excluding hydrogens is 536 g/mol. The van der Waals surface area contributed by atoms with Gasteiger partial charge in [-0.25, -0.2) is 18.7 Å². The molecule has 40 heavy (non-hydrogen) atoms. The highest BCUT2D eigenvalue weighted by Gasteiger charge is 2.39. The summed E-state index contributed by atoms with van der Waals surface area (Å²) in [7, 11) is 0. The Kier molecular flexibility index (Phi) is 6.87. The van der Waals surface area contributed by atoms with E-state index in [0.717, 1.165) is 34.3 Å². The summed E-state index contributed by atoms with van der Waals surface area (Å²) in [5.74, 6) is -1.53. The van der Waals surface area contributed by atoms with Gasteiger partial charge in [0.1, 0.15) is 27.9 Å². The Morgan fingerprint density at radius 2 is 2.08 bits per heavy atom. The molecule has 1 N–H and O–H groups in total. The van der Waals surface area contributed by atoms with Crippen LogP contribution in [0.25, 0.3) is 27.5 Å². The number of thiazole rings is 1. The number of pyridine rings is 1. The molecule has 2 aliphatic rings. The number of aromatic nitrogens is 4. The van der Waals surface area contributed by atoms with Crippen molar-refractivity contribution in [1.82, 2.24) is 24.4 Å². The van der Waals surface area contributed by atoms with Crippen LogP contribution in [0.1, 0.15) is 61.5 Å². The van der Waals surface area contributed by atoms with Crippen molar-refractivity contribution in [3.63, 3.8) is 0 Å². The summed E-state index contributed by atoms with van der Waals surface area (Å²) in [6.07, 6.45) is 5.01. The zero-order valence-electron chi connectivity index (χ0n) is 22.4. The minimum absolute atomic E-state index is 0.0173. The maximum atomic E-state index is 14.5. The van der Waals surface area contributed by atoms with Crippen LogP contribution < -0.4 is 0 Å². The number of likely N-dealkylation sites (tertiary alicyclic amines) is 1. The number of carbonyl (C=O) groups is 1. The Labute approximate surface area is 233 Å². The number of imidazole rings is 1. The fraction of sp³-hybridized carbons (Fsp3) is 0.379. The van der Waals surface area contributed by atoms with Gasteiger partial charge < -0.3 is 14.5 Å². The smallest absolute Gasteiger partial charge is 0.227 e. The van der Waals surface area contributed by atoms with Gasteiger partial charge in [0.2, 0.25) is 5.91 Å². The van der Waals surface area contributed by atoms with Gasteiger partial charge in [0.05, 0.1) is 23.1 Å². The number of nitrogens with zero attached hydrogens (tertiary/aromatic N) is 5. The normalized spacial score (nSPS) is 20.1. The van der Waals surface area contributed by atoms with Gasteiger partial charge in [-0.2, -0.15) is 0 Å². The van der Waals surface area contributed by atoms with Crippen LogP contribution in [0, 0.1) is 19.8 Å². The first kappa shape index (κ1) is 26.5. The number of piperidine rings is 1. The van der Waals surface area contributed by atoms with Crippen LogP contribution in [-0.4, -0.2) is 42.0 Å². The topological polar surface area (TPSA) is 96.8 Å². The van der Waals surface area contributed by atoms with Crippen molar-refractivity contribution in [2.75, 3.05) is 6.61 Å². The summed E-state index contributed by atoms with van der Waals surface area (Å²) in [6, 6.07) is 3.44. The zero-order valence-corrected chi connectivity index (χ0v) is 23.3. The van der Waals surface area contributed by atoms with Gasteiger partial charge in [-0.15, -0.1) is 11.3 Å². The monoisotopic (exact) mass is 565 g/mol. The number of fused-ring (bicyclic) bond motifs is 1. The van der Waals surface area contributed by atoms with Crippen molar-refractivity contribution in [3.05, 3.63) is 70.0 Å².